The van der Waals surface area contributed by atoms with Crippen LogP contribution in [0, 0.1) is 0 Å². The number of hydrogen-bond acceptors (Lipinski definition) is 8. The lowest BCUT2D eigenvalue weighted by molar-refractivity contribution is 0.870. The normalized spacial score (nSPS) is 12.1. The van der Waals surface area contributed by atoms with Gasteiger partial charge in [-0.15, -0.1) is 0 Å². The van der Waals surface area contributed by atoms with E-state index in [1.54, 1.807) is 36.5 Å². The Morgan fingerprint density at radius 3 is 3.00 bits per heavy atom. The van der Waals surface area contributed by atoms with Crippen LogP contribution in [0.25, 0.3) is 11.6 Å². The minimum Gasteiger partial charge on any atom is -0.404 e. The quantitative estimate of drug-likeness (QED) is 0.489. The second kappa shape index (κ2) is 8.96. The smallest absolute Gasteiger partial charge is 0.169 e. The van der Waals surface area contributed by atoms with E-state index in [1.807, 2.05) is 12.2 Å². The number of anilines is 2. The summed E-state index contributed by atoms with van der Waals surface area (Å²) < 4.78 is 1.59. The van der Waals surface area contributed by atoms with Gasteiger partial charge in [0.2, 0.25) is 0 Å². The molecule has 0 bridgehead atoms. The van der Waals surface area contributed by atoms with Gasteiger partial charge in [0.25, 0.3) is 0 Å². The molecule has 0 saturated carbocycles. The predicted octanol–water partition coefficient (Wildman–Crippen LogP) is 1.23. The van der Waals surface area contributed by atoms with E-state index in [0.717, 1.165) is 6.42 Å². The van der Waals surface area contributed by atoms with Crippen LogP contribution < -0.4 is 16.8 Å². The summed E-state index contributed by atoms with van der Waals surface area (Å²) in [6.07, 6.45) is 12.6. The van der Waals surface area contributed by atoms with E-state index in [1.165, 1.54) is 6.20 Å². The van der Waals surface area contributed by atoms with E-state index < -0.39 is 0 Å². The van der Waals surface area contributed by atoms with Crippen LogP contribution in [-0.4, -0.2) is 46.2 Å². The van der Waals surface area contributed by atoms with Crippen LogP contribution in [0.1, 0.15) is 17.9 Å². The second-order valence-corrected chi connectivity index (χ2v) is 4.89. The number of aromatic nitrogens is 4. The number of nitrogens with one attached hydrogen (secondary N) is 1. The fourth-order valence-electron chi connectivity index (χ4n) is 2.01. The Morgan fingerprint density at radius 1 is 1.44 bits per heavy atom. The zero-order chi connectivity index (χ0) is 18.1. The van der Waals surface area contributed by atoms with Crippen molar-refractivity contribution in [1.82, 2.24) is 19.6 Å². The first-order valence-corrected chi connectivity index (χ1v) is 7.57. The van der Waals surface area contributed by atoms with Gasteiger partial charge in [-0.3, -0.25) is 4.99 Å². The lowest BCUT2D eigenvalue weighted by atomic mass is 10.2. The Kier molecular flexibility index (Phi) is 6.40. The minimum atomic E-state index is 0.323. The van der Waals surface area contributed by atoms with Gasteiger partial charge < -0.3 is 16.8 Å². The van der Waals surface area contributed by atoms with Crippen molar-refractivity contribution in [3.05, 3.63) is 42.4 Å². The maximum absolute atomic E-state index is 5.86. The number of nitrogens with two attached hydrogens (primary N) is 2. The third kappa shape index (κ3) is 4.74. The monoisotopic (exact) mass is 339 g/mol. The molecule has 0 amide bonds. The molecule has 0 fully saturated rings. The topological polar surface area (TPSA) is 132 Å². The summed E-state index contributed by atoms with van der Waals surface area (Å²) in [4.78, 5) is 16.7. The van der Waals surface area contributed by atoms with Gasteiger partial charge in [0.05, 0.1) is 11.9 Å². The molecule has 0 aliphatic rings. The molecule has 2 aromatic rings. The largest absolute Gasteiger partial charge is 0.404 e. The molecule has 0 aliphatic heterocycles. The first kappa shape index (κ1) is 17.9. The lowest BCUT2D eigenvalue weighted by Gasteiger charge is -2.08. The highest BCUT2D eigenvalue weighted by molar-refractivity contribution is 6.08. The summed E-state index contributed by atoms with van der Waals surface area (Å²) in [5.41, 5.74) is 12.7. The summed E-state index contributed by atoms with van der Waals surface area (Å²) in [6, 6.07) is 0. The first-order chi connectivity index (χ1) is 12.2. The van der Waals surface area contributed by atoms with Gasteiger partial charge in [0, 0.05) is 50.7 Å². The molecule has 0 aromatic carbocycles. The van der Waals surface area contributed by atoms with Crippen LogP contribution >= 0.6 is 0 Å². The van der Waals surface area contributed by atoms with E-state index in [4.69, 9.17) is 11.5 Å². The van der Waals surface area contributed by atoms with Crippen molar-refractivity contribution < 1.29 is 0 Å². The van der Waals surface area contributed by atoms with Crippen LogP contribution in [0.3, 0.4) is 0 Å². The summed E-state index contributed by atoms with van der Waals surface area (Å²) in [6.45, 7) is 4.10. The van der Waals surface area contributed by atoms with Crippen LogP contribution in [0.2, 0.25) is 0 Å². The van der Waals surface area contributed by atoms with Crippen molar-refractivity contribution in [3.8, 4) is 0 Å². The molecule has 0 unspecified atom stereocenters. The van der Waals surface area contributed by atoms with Crippen molar-refractivity contribution in [3.63, 3.8) is 0 Å². The predicted molar refractivity (Wildman–Crippen MR) is 102 cm³/mol. The lowest BCUT2D eigenvalue weighted by Crippen LogP contribution is -2.09. The summed E-state index contributed by atoms with van der Waals surface area (Å²) in [5.74, 6) is 1.54. The molecule has 2 aromatic heterocycles. The highest BCUT2D eigenvalue weighted by Crippen LogP contribution is 2.16. The average Bonchev–Trinajstić information content (AvgIpc) is 3.08. The number of hydrogen-bond donors (Lipinski definition) is 3. The first-order valence-electron chi connectivity index (χ1n) is 7.57. The zero-order valence-electron chi connectivity index (χ0n) is 14.0. The molecule has 5 N–H and O–H groups in total. The van der Waals surface area contributed by atoms with Gasteiger partial charge in [-0.1, -0.05) is 6.08 Å². The Morgan fingerprint density at radius 2 is 2.28 bits per heavy atom. The van der Waals surface area contributed by atoms with Crippen LogP contribution in [0.4, 0.5) is 11.6 Å². The van der Waals surface area contributed by atoms with E-state index in [-0.39, 0.29) is 0 Å². The number of nitrogen functional groups attached to an aromatic ring is 1. The average molecular weight is 339 g/mol. The minimum absolute atomic E-state index is 0.323. The molecule has 0 saturated heterocycles. The molecule has 9 heteroatoms. The number of nitrogens with zero attached hydrogens (tertiary/aromatic N) is 6. The Balaban J connectivity index is 1.97. The van der Waals surface area contributed by atoms with Gasteiger partial charge >= 0.3 is 0 Å². The highest BCUT2D eigenvalue weighted by Gasteiger charge is 2.06. The number of imidazole rings is 1. The summed E-state index contributed by atoms with van der Waals surface area (Å²) in [7, 11) is 1.66. The Labute approximate surface area is 145 Å². The van der Waals surface area contributed by atoms with Gasteiger partial charge in [0.1, 0.15) is 0 Å². The third-order valence-electron chi connectivity index (χ3n) is 3.22. The molecule has 0 aliphatic carbocycles. The molecular formula is C16H21N9. The van der Waals surface area contributed by atoms with Crippen LogP contribution in [0.15, 0.2) is 41.0 Å². The Hall–Kier alpha value is -3.49. The van der Waals surface area contributed by atoms with Gasteiger partial charge in [0.15, 0.2) is 17.5 Å². The maximum atomic E-state index is 5.86. The van der Waals surface area contributed by atoms with Crippen molar-refractivity contribution >= 4 is 36.2 Å². The van der Waals surface area contributed by atoms with Crippen molar-refractivity contribution in [1.29, 1.82) is 0 Å². The molecule has 9 nitrogen and oxygen atoms in total. The second-order valence-electron chi connectivity index (χ2n) is 4.89. The number of rotatable bonds is 8. The van der Waals surface area contributed by atoms with E-state index in [2.05, 4.69) is 37.1 Å². The van der Waals surface area contributed by atoms with Crippen LogP contribution in [0.5, 0.6) is 0 Å². The van der Waals surface area contributed by atoms with Crippen molar-refractivity contribution in [2.75, 3.05) is 24.6 Å². The van der Waals surface area contributed by atoms with Gasteiger partial charge in [-0.25, -0.2) is 19.6 Å². The summed E-state index contributed by atoms with van der Waals surface area (Å²) in [5, 5.41) is 6.97. The third-order valence-corrected chi connectivity index (χ3v) is 3.22. The van der Waals surface area contributed by atoms with E-state index in [9.17, 15) is 0 Å². The molecule has 2 rings (SSSR count). The molecule has 130 valence electrons. The number of allylic oxidation sites excluding steroid dienone is 1. The zero-order valence-corrected chi connectivity index (χ0v) is 14.0. The molecule has 0 spiro atoms. The fraction of sp³-hybridized carbons (Fsp3) is 0.188. The van der Waals surface area contributed by atoms with Crippen molar-refractivity contribution in [2.24, 2.45) is 15.8 Å². The fourth-order valence-corrected chi connectivity index (χ4v) is 2.01. The summed E-state index contributed by atoms with van der Waals surface area (Å²) >= 11 is 0. The van der Waals surface area contributed by atoms with Crippen LogP contribution in [-0.2, 0) is 0 Å². The standard InChI is InChI=1S/C16H21N9/c1-19-10-12(9-17)13-11-23-15(18)16(24-13)22-6-4-3-5-14-21-7-8-25(14)20-2/h3,5,7-11H,2,4,6,17H2,1H3,(H2,18,23)(H,22,24)/b5-3-,12-9?,19-10?. The SMILES string of the molecule is C=Nn1ccnc1/C=C\CCNc1nc(C(C=NC)=CN)cnc1N. The maximum Gasteiger partial charge on any atom is 0.169 e. The van der Waals surface area contributed by atoms with Gasteiger partial charge in [-0.05, 0) is 12.5 Å². The Bertz CT molecular complexity index is 802. The molecule has 2 heterocycles. The molecule has 25 heavy (non-hydrogen) atoms. The van der Waals surface area contributed by atoms with E-state index in [0.29, 0.717) is 35.3 Å². The van der Waals surface area contributed by atoms with Gasteiger partial charge in [-0.2, -0.15) is 5.10 Å². The van der Waals surface area contributed by atoms with E-state index >= 15 is 0 Å². The molecular weight excluding hydrogens is 318 g/mol. The molecule has 0 atom stereocenters. The molecule has 0 radical (unpaired) electrons. The van der Waals surface area contributed by atoms with Crippen molar-refractivity contribution in [2.45, 2.75) is 6.42 Å². The highest BCUT2D eigenvalue weighted by atomic mass is 15.4. The number of aliphatic imine (C=N–C) groups is 1.